The molecule has 5 nitrogen and oxygen atoms in total. The molecule has 0 aromatic heterocycles. The van der Waals surface area contributed by atoms with E-state index in [4.69, 9.17) is 16.3 Å². The van der Waals surface area contributed by atoms with E-state index in [9.17, 15) is 14.7 Å². The molecule has 0 saturated carbocycles. The van der Waals surface area contributed by atoms with Crippen LogP contribution < -0.4 is 4.74 Å². The monoisotopic (exact) mass is 447 g/mol. The van der Waals surface area contributed by atoms with E-state index < -0.39 is 17.7 Å². The Labute approximate surface area is 191 Å². The maximum absolute atomic E-state index is 13.1. The molecule has 32 heavy (non-hydrogen) atoms. The van der Waals surface area contributed by atoms with E-state index >= 15 is 0 Å². The third kappa shape index (κ3) is 4.25. The number of ketones is 1. The van der Waals surface area contributed by atoms with E-state index in [1.807, 2.05) is 55.5 Å². The summed E-state index contributed by atoms with van der Waals surface area (Å²) in [5.41, 5.74) is 2.02. The first-order chi connectivity index (χ1) is 15.5. The lowest BCUT2D eigenvalue weighted by molar-refractivity contribution is -0.140. The first-order valence-corrected chi connectivity index (χ1v) is 10.7. The van der Waals surface area contributed by atoms with Gasteiger partial charge in [0.1, 0.15) is 11.5 Å². The van der Waals surface area contributed by atoms with Gasteiger partial charge in [-0.25, -0.2) is 0 Å². The second kappa shape index (κ2) is 9.28. The van der Waals surface area contributed by atoms with Crippen molar-refractivity contribution in [3.05, 3.63) is 106 Å². The summed E-state index contributed by atoms with van der Waals surface area (Å²) in [5.74, 6) is -0.986. The van der Waals surface area contributed by atoms with Gasteiger partial charge in [0.05, 0.1) is 18.2 Å². The van der Waals surface area contributed by atoms with Crippen LogP contribution in [0, 0.1) is 0 Å². The van der Waals surface area contributed by atoms with Gasteiger partial charge in [0.15, 0.2) is 0 Å². The fourth-order valence-corrected chi connectivity index (χ4v) is 4.00. The summed E-state index contributed by atoms with van der Waals surface area (Å²) in [7, 11) is 0. The van der Waals surface area contributed by atoms with E-state index in [2.05, 4.69) is 0 Å². The minimum absolute atomic E-state index is 0.0434. The van der Waals surface area contributed by atoms with Crippen molar-refractivity contribution >= 4 is 29.1 Å². The molecule has 1 aliphatic rings. The zero-order chi connectivity index (χ0) is 22.7. The van der Waals surface area contributed by atoms with Crippen LogP contribution >= 0.6 is 11.6 Å². The number of halogens is 1. The zero-order valence-electron chi connectivity index (χ0n) is 17.5. The number of ether oxygens (including phenoxy) is 1. The number of Topliss-reactive ketones (excluding diaryl/α,β-unsaturated/α-hetero) is 1. The van der Waals surface area contributed by atoms with Gasteiger partial charge >= 0.3 is 0 Å². The normalized spacial score (nSPS) is 17.6. The molecule has 6 heteroatoms. The number of nitrogens with zero attached hydrogens (tertiary/aromatic N) is 1. The van der Waals surface area contributed by atoms with Crippen LogP contribution in [0.25, 0.3) is 5.76 Å². The van der Waals surface area contributed by atoms with E-state index in [1.54, 1.807) is 30.3 Å². The van der Waals surface area contributed by atoms with Gasteiger partial charge in [-0.1, -0.05) is 54.1 Å². The average Bonchev–Trinajstić information content (AvgIpc) is 3.05. The molecule has 4 rings (SSSR count). The molecule has 162 valence electrons. The highest BCUT2D eigenvalue weighted by atomic mass is 35.5. The Balaban J connectivity index is 1.86. The van der Waals surface area contributed by atoms with Crippen LogP contribution in [0.3, 0.4) is 0 Å². The minimum atomic E-state index is -0.758. The molecule has 1 saturated heterocycles. The van der Waals surface area contributed by atoms with Gasteiger partial charge in [0, 0.05) is 17.1 Å². The molecule has 1 aliphatic heterocycles. The van der Waals surface area contributed by atoms with Crippen LogP contribution in [0.15, 0.2) is 84.4 Å². The predicted molar refractivity (Wildman–Crippen MR) is 123 cm³/mol. The zero-order valence-corrected chi connectivity index (χ0v) is 18.3. The highest BCUT2D eigenvalue weighted by molar-refractivity contribution is 6.46. The van der Waals surface area contributed by atoms with Crippen molar-refractivity contribution in [2.24, 2.45) is 0 Å². The lowest BCUT2D eigenvalue weighted by atomic mass is 9.95. The molecule has 3 aromatic rings. The van der Waals surface area contributed by atoms with E-state index in [-0.39, 0.29) is 17.9 Å². The Morgan fingerprint density at radius 2 is 1.72 bits per heavy atom. The minimum Gasteiger partial charge on any atom is -0.507 e. The van der Waals surface area contributed by atoms with Crippen molar-refractivity contribution in [2.45, 2.75) is 19.5 Å². The summed E-state index contributed by atoms with van der Waals surface area (Å²) < 4.78 is 5.63. The van der Waals surface area contributed by atoms with E-state index in [0.717, 1.165) is 5.56 Å². The van der Waals surface area contributed by atoms with Crippen molar-refractivity contribution in [1.29, 1.82) is 0 Å². The lowest BCUT2D eigenvalue weighted by Crippen LogP contribution is -2.29. The Hall–Kier alpha value is -3.57. The molecule has 1 amide bonds. The molecule has 1 unspecified atom stereocenters. The highest BCUT2D eigenvalue weighted by Gasteiger charge is 2.46. The maximum atomic E-state index is 13.1. The Morgan fingerprint density at radius 3 is 2.41 bits per heavy atom. The van der Waals surface area contributed by atoms with Gasteiger partial charge in [0.2, 0.25) is 0 Å². The number of benzene rings is 3. The van der Waals surface area contributed by atoms with Crippen molar-refractivity contribution in [2.75, 3.05) is 6.61 Å². The molecule has 0 spiro atoms. The molecule has 1 heterocycles. The smallest absolute Gasteiger partial charge is 0.295 e. The van der Waals surface area contributed by atoms with Gasteiger partial charge in [-0.15, -0.1) is 0 Å². The summed E-state index contributed by atoms with van der Waals surface area (Å²) in [5, 5.41) is 11.6. The molecular formula is C26H22ClNO4. The fourth-order valence-electron chi connectivity index (χ4n) is 3.87. The van der Waals surface area contributed by atoms with Crippen LogP contribution in [-0.2, 0) is 16.1 Å². The van der Waals surface area contributed by atoms with Gasteiger partial charge in [-0.2, -0.15) is 0 Å². The Bertz CT molecular complexity index is 1170. The molecule has 1 N–H and O–H groups in total. The SMILES string of the molecule is CCOc1cccc(C2/C(=C(\O)c3ccc(Cl)cc3)C(=O)C(=O)N2Cc2ccccc2)c1. The van der Waals surface area contributed by atoms with Gasteiger partial charge in [-0.3, -0.25) is 9.59 Å². The van der Waals surface area contributed by atoms with Gasteiger partial charge < -0.3 is 14.7 Å². The van der Waals surface area contributed by atoms with Crippen molar-refractivity contribution in [3.63, 3.8) is 0 Å². The molecule has 3 aromatic carbocycles. The topological polar surface area (TPSA) is 66.8 Å². The first kappa shape index (κ1) is 21.7. The summed E-state index contributed by atoms with van der Waals surface area (Å²) in [6.45, 7) is 2.60. The van der Waals surface area contributed by atoms with Crippen LogP contribution in [0.5, 0.6) is 5.75 Å². The Kier molecular flexibility index (Phi) is 6.28. The second-order valence-corrected chi connectivity index (χ2v) is 7.86. The number of amides is 1. The van der Waals surface area contributed by atoms with Gasteiger partial charge in [0.25, 0.3) is 11.7 Å². The van der Waals surface area contributed by atoms with Crippen molar-refractivity contribution in [1.82, 2.24) is 4.90 Å². The predicted octanol–water partition coefficient (Wildman–Crippen LogP) is 5.36. The second-order valence-electron chi connectivity index (χ2n) is 7.42. The number of aliphatic hydroxyl groups is 1. The number of hydrogen-bond donors (Lipinski definition) is 1. The summed E-state index contributed by atoms with van der Waals surface area (Å²) in [6, 6.07) is 22.4. The lowest BCUT2D eigenvalue weighted by Gasteiger charge is -2.26. The number of rotatable bonds is 6. The van der Waals surface area contributed by atoms with Crippen LogP contribution in [0.2, 0.25) is 5.02 Å². The van der Waals surface area contributed by atoms with Crippen LogP contribution in [-0.4, -0.2) is 28.3 Å². The molecule has 0 aliphatic carbocycles. The van der Waals surface area contributed by atoms with Crippen molar-refractivity contribution in [3.8, 4) is 5.75 Å². The maximum Gasteiger partial charge on any atom is 0.295 e. The first-order valence-electron chi connectivity index (χ1n) is 10.3. The highest BCUT2D eigenvalue weighted by Crippen LogP contribution is 2.41. The molecule has 1 atom stereocenters. The van der Waals surface area contributed by atoms with E-state index in [1.165, 1.54) is 4.90 Å². The standard InChI is InChI=1S/C26H22ClNO4/c1-2-32-21-10-6-9-19(15-21)23-22(24(29)18-11-13-20(27)14-12-18)25(30)26(31)28(23)16-17-7-4-3-5-8-17/h3-15,23,29H,2,16H2,1H3/b24-22+. The summed E-state index contributed by atoms with van der Waals surface area (Å²) in [6.07, 6.45) is 0. The van der Waals surface area contributed by atoms with Crippen molar-refractivity contribution < 1.29 is 19.4 Å². The van der Waals surface area contributed by atoms with Crippen LogP contribution in [0.4, 0.5) is 0 Å². The molecule has 0 radical (unpaired) electrons. The van der Waals surface area contributed by atoms with Gasteiger partial charge in [-0.05, 0) is 54.4 Å². The number of carbonyl (C=O) groups is 2. The number of carbonyl (C=O) groups excluding carboxylic acids is 2. The Morgan fingerprint density at radius 1 is 1.00 bits per heavy atom. The number of aliphatic hydroxyl groups excluding tert-OH is 1. The summed E-state index contributed by atoms with van der Waals surface area (Å²) in [4.78, 5) is 27.7. The third-order valence-electron chi connectivity index (χ3n) is 5.34. The van der Waals surface area contributed by atoms with Crippen LogP contribution in [0.1, 0.15) is 29.7 Å². The number of likely N-dealkylation sites (tertiary alicyclic amines) is 1. The quantitative estimate of drug-likeness (QED) is 0.314. The third-order valence-corrected chi connectivity index (χ3v) is 5.59. The molecule has 1 fully saturated rings. The summed E-state index contributed by atoms with van der Waals surface area (Å²) >= 11 is 5.97. The van der Waals surface area contributed by atoms with E-state index in [0.29, 0.717) is 28.5 Å². The largest absolute Gasteiger partial charge is 0.507 e. The molecule has 0 bridgehead atoms. The number of hydrogen-bond acceptors (Lipinski definition) is 4. The molecular weight excluding hydrogens is 426 g/mol. The fraction of sp³-hybridized carbons (Fsp3) is 0.154. The average molecular weight is 448 g/mol.